The van der Waals surface area contributed by atoms with E-state index in [4.69, 9.17) is 5.11 Å². The second-order valence-corrected chi connectivity index (χ2v) is 5.59. The molecule has 1 saturated carbocycles. The van der Waals surface area contributed by atoms with Gasteiger partial charge >= 0.3 is 0 Å². The van der Waals surface area contributed by atoms with Crippen molar-refractivity contribution in [2.45, 2.75) is 71.8 Å². The zero-order valence-electron chi connectivity index (χ0n) is 12.3. The second kappa shape index (κ2) is 11.0. The van der Waals surface area contributed by atoms with Crippen molar-refractivity contribution in [2.24, 2.45) is 11.8 Å². The van der Waals surface area contributed by atoms with Crippen LogP contribution >= 0.6 is 0 Å². The molecule has 17 heavy (non-hydrogen) atoms. The Morgan fingerprint density at radius 2 is 1.65 bits per heavy atom. The number of hydrogen-bond donors (Lipinski definition) is 2. The van der Waals surface area contributed by atoms with Crippen LogP contribution in [0.2, 0.25) is 0 Å². The van der Waals surface area contributed by atoms with Crippen LogP contribution in [-0.4, -0.2) is 24.8 Å². The zero-order chi connectivity index (χ0) is 13.1. The molecule has 0 heterocycles. The van der Waals surface area contributed by atoms with E-state index in [1.165, 1.54) is 44.9 Å². The summed E-state index contributed by atoms with van der Waals surface area (Å²) in [7, 11) is 2.14. The standard InChI is InChI=1S/C13H27N.C2H6O/c1-11(2)10-12-8-6-4-5-7-9-13(12)14-3;1-2-3/h11-14H,4-10H2,1-3H3;3H,2H2,1H3. The molecule has 104 valence electrons. The Balaban J connectivity index is 0.000000770. The summed E-state index contributed by atoms with van der Waals surface area (Å²) in [5.74, 6) is 1.79. The van der Waals surface area contributed by atoms with Gasteiger partial charge in [0.25, 0.3) is 0 Å². The maximum atomic E-state index is 7.57. The largest absolute Gasteiger partial charge is 0.397 e. The molecule has 0 radical (unpaired) electrons. The van der Waals surface area contributed by atoms with Crippen LogP contribution in [0.5, 0.6) is 0 Å². The first-order chi connectivity index (χ1) is 8.15. The van der Waals surface area contributed by atoms with Crippen LogP contribution in [0.3, 0.4) is 0 Å². The van der Waals surface area contributed by atoms with Crippen molar-refractivity contribution in [2.75, 3.05) is 13.7 Å². The molecule has 0 saturated heterocycles. The van der Waals surface area contributed by atoms with E-state index in [-0.39, 0.29) is 6.61 Å². The summed E-state index contributed by atoms with van der Waals surface area (Å²) in [4.78, 5) is 0. The molecule has 2 atom stereocenters. The first-order valence-corrected chi connectivity index (χ1v) is 7.43. The molecule has 2 unspecified atom stereocenters. The lowest BCUT2D eigenvalue weighted by Gasteiger charge is -2.30. The summed E-state index contributed by atoms with van der Waals surface area (Å²) in [5, 5.41) is 11.1. The highest BCUT2D eigenvalue weighted by atomic mass is 16.2. The Bertz CT molecular complexity index is 159. The van der Waals surface area contributed by atoms with Gasteiger partial charge in [0.1, 0.15) is 0 Å². The summed E-state index contributed by atoms with van der Waals surface area (Å²) in [5.41, 5.74) is 0. The molecule has 2 heteroatoms. The third-order valence-electron chi connectivity index (χ3n) is 3.55. The van der Waals surface area contributed by atoms with Gasteiger partial charge in [-0.15, -0.1) is 0 Å². The van der Waals surface area contributed by atoms with Crippen LogP contribution in [0.1, 0.15) is 65.7 Å². The van der Waals surface area contributed by atoms with Crippen molar-refractivity contribution >= 4 is 0 Å². The van der Waals surface area contributed by atoms with Gasteiger partial charge in [-0.1, -0.05) is 39.5 Å². The van der Waals surface area contributed by atoms with Crippen molar-refractivity contribution in [3.63, 3.8) is 0 Å². The maximum Gasteiger partial charge on any atom is 0.0402 e. The van der Waals surface area contributed by atoms with Gasteiger partial charge in [0.15, 0.2) is 0 Å². The number of rotatable bonds is 3. The highest BCUT2D eigenvalue weighted by Crippen LogP contribution is 2.27. The Morgan fingerprint density at radius 1 is 1.12 bits per heavy atom. The Labute approximate surface area is 108 Å². The van der Waals surface area contributed by atoms with Gasteiger partial charge in [0, 0.05) is 12.6 Å². The second-order valence-electron chi connectivity index (χ2n) is 5.59. The molecule has 0 aromatic heterocycles. The molecule has 1 rings (SSSR count). The highest BCUT2D eigenvalue weighted by Gasteiger charge is 2.21. The Kier molecular flexibility index (Phi) is 11.0. The molecule has 0 aliphatic heterocycles. The predicted octanol–water partition coefficient (Wildman–Crippen LogP) is 3.59. The van der Waals surface area contributed by atoms with Gasteiger partial charge in [0.05, 0.1) is 0 Å². The Morgan fingerprint density at radius 3 is 2.12 bits per heavy atom. The highest BCUT2D eigenvalue weighted by molar-refractivity contribution is 4.78. The maximum absolute atomic E-state index is 7.57. The average Bonchev–Trinajstić information content (AvgIpc) is 2.23. The minimum Gasteiger partial charge on any atom is -0.397 e. The molecule has 1 aliphatic carbocycles. The summed E-state index contributed by atoms with van der Waals surface area (Å²) < 4.78 is 0. The minimum absolute atomic E-state index is 0.250. The molecular weight excluding hydrogens is 210 g/mol. The summed E-state index contributed by atoms with van der Waals surface area (Å²) in [6, 6.07) is 0.790. The van der Waals surface area contributed by atoms with E-state index in [0.717, 1.165) is 17.9 Å². The van der Waals surface area contributed by atoms with Gasteiger partial charge in [-0.2, -0.15) is 0 Å². The van der Waals surface area contributed by atoms with E-state index in [1.54, 1.807) is 6.92 Å². The van der Waals surface area contributed by atoms with E-state index in [1.807, 2.05) is 0 Å². The number of nitrogens with one attached hydrogen (secondary N) is 1. The van der Waals surface area contributed by atoms with Gasteiger partial charge < -0.3 is 10.4 Å². The van der Waals surface area contributed by atoms with Crippen molar-refractivity contribution < 1.29 is 5.11 Å². The summed E-state index contributed by atoms with van der Waals surface area (Å²) >= 11 is 0. The van der Waals surface area contributed by atoms with E-state index in [0.29, 0.717) is 0 Å². The van der Waals surface area contributed by atoms with Crippen LogP contribution in [0.15, 0.2) is 0 Å². The van der Waals surface area contributed by atoms with E-state index in [2.05, 4.69) is 26.2 Å². The quantitative estimate of drug-likeness (QED) is 0.794. The molecule has 2 N–H and O–H groups in total. The molecular formula is C15H33NO. The van der Waals surface area contributed by atoms with E-state index in [9.17, 15) is 0 Å². The van der Waals surface area contributed by atoms with Crippen LogP contribution in [0, 0.1) is 11.8 Å². The van der Waals surface area contributed by atoms with Crippen LogP contribution in [0.4, 0.5) is 0 Å². The first-order valence-electron chi connectivity index (χ1n) is 7.43. The van der Waals surface area contributed by atoms with Crippen LogP contribution in [-0.2, 0) is 0 Å². The lowest BCUT2D eigenvalue weighted by Crippen LogP contribution is -2.35. The molecule has 1 fully saturated rings. The molecule has 0 amide bonds. The van der Waals surface area contributed by atoms with Gasteiger partial charge in [-0.25, -0.2) is 0 Å². The summed E-state index contributed by atoms with van der Waals surface area (Å²) in [6.45, 7) is 6.64. The van der Waals surface area contributed by atoms with Gasteiger partial charge in [0.2, 0.25) is 0 Å². The molecule has 0 aromatic carbocycles. The fourth-order valence-electron chi connectivity index (χ4n) is 2.83. The monoisotopic (exact) mass is 243 g/mol. The molecule has 2 nitrogen and oxygen atoms in total. The fourth-order valence-corrected chi connectivity index (χ4v) is 2.83. The molecule has 0 bridgehead atoms. The Hall–Kier alpha value is -0.0800. The van der Waals surface area contributed by atoms with Gasteiger partial charge in [-0.05, 0) is 45.1 Å². The molecule has 1 aliphatic rings. The molecule has 0 aromatic rings. The predicted molar refractivity (Wildman–Crippen MR) is 76.3 cm³/mol. The van der Waals surface area contributed by atoms with Crippen LogP contribution in [0.25, 0.3) is 0 Å². The SMILES string of the molecule is CCO.CNC1CCCCCCC1CC(C)C. The first kappa shape index (κ1) is 16.9. The topological polar surface area (TPSA) is 32.3 Å². The van der Waals surface area contributed by atoms with Gasteiger partial charge in [-0.3, -0.25) is 0 Å². The minimum atomic E-state index is 0.250. The molecule has 0 spiro atoms. The van der Waals surface area contributed by atoms with Crippen molar-refractivity contribution in [1.82, 2.24) is 5.32 Å². The number of aliphatic hydroxyl groups is 1. The van der Waals surface area contributed by atoms with E-state index < -0.39 is 0 Å². The lowest BCUT2D eigenvalue weighted by molar-refractivity contribution is 0.258. The van der Waals surface area contributed by atoms with Crippen molar-refractivity contribution in [1.29, 1.82) is 0 Å². The van der Waals surface area contributed by atoms with Crippen molar-refractivity contribution in [3.05, 3.63) is 0 Å². The normalized spacial score (nSPS) is 25.8. The number of aliphatic hydroxyl groups excluding tert-OH is 1. The van der Waals surface area contributed by atoms with E-state index >= 15 is 0 Å². The average molecular weight is 243 g/mol. The summed E-state index contributed by atoms with van der Waals surface area (Å²) in [6.07, 6.45) is 10.1. The zero-order valence-corrected chi connectivity index (χ0v) is 12.3. The third kappa shape index (κ3) is 8.62. The van der Waals surface area contributed by atoms with Crippen molar-refractivity contribution in [3.8, 4) is 0 Å². The smallest absolute Gasteiger partial charge is 0.0402 e. The third-order valence-corrected chi connectivity index (χ3v) is 3.55. The van der Waals surface area contributed by atoms with Crippen LogP contribution < -0.4 is 5.32 Å². The number of hydrogen-bond acceptors (Lipinski definition) is 2. The fraction of sp³-hybridized carbons (Fsp3) is 1.00. The lowest BCUT2D eigenvalue weighted by atomic mass is 9.82.